The fourth-order valence-corrected chi connectivity index (χ4v) is 3.89. The summed E-state index contributed by atoms with van der Waals surface area (Å²) in [4.78, 5) is 2.65. The van der Waals surface area contributed by atoms with Crippen LogP contribution >= 0.6 is 0 Å². The van der Waals surface area contributed by atoms with Crippen LogP contribution in [-0.4, -0.2) is 59.2 Å². The van der Waals surface area contributed by atoms with Crippen molar-refractivity contribution >= 4 is 0 Å². The summed E-state index contributed by atoms with van der Waals surface area (Å²) in [5, 5.41) is 4.32. The molecule has 3 aliphatic rings. The van der Waals surface area contributed by atoms with Gasteiger partial charge in [-0.15, -0.1) is 0 Å². The molecule has 3 fully saturated rings. The maximum absolute atomic E-state index is 6.30. The van der Waals surface area contributed by atoms with Gasteiger partial charge in [0.25, 0.3) is 0 Å². The first-order chi connectivity index (χ1) is 10.8. The van der Waals surface area contributed by atoms with E-state index in [-0.39, 0.29) is 0 Å². The van der Waals surface area contributed by atoms with Gasteiger partial charge in [-0.3, -0.25) is 9.58 Å². The van der Waals surface area contributed by atoms with Crippen molar-refractivity contribution in [1.82, 2.24) is 14.7 Å². The second-order valence-corrected chi connectivity index (χ2v) is 7.15. The van der Waals surface area contributed by atoms with Gasteiger partial charge in [0.2, 0.25) is 0 Å². The highest BCUT2D eigenvalue weighted by Gasteiger charge is 2.40. The topological polar surface area (TPSA) is 39.5 Å². The highest BCUT2D eigenvalue weighted by Crippen LogP contribution is 2.33. The summed E-state index contributed by atoms with van der Waals surface area (Å²) in [5.74, 6) is 0.836. The molecular weight excluding hydrogens is 278 g/mol. The molecule has 22 heavy (non-hydrogen) atoms. The number of nitrogens with zero attached hydrogens (tertiary/aromatic N) is 3. The fraction of sp³-hybridized carbons (Fsp3) is 0.824. The van der Waals surface area contributed by atoms with Crippen LogP contribution in [0.5, 0.6) is 0 Å². The van der Waals surface area contributed by atoms with Gasteiger partial charge in [0.1, 0.15) is 0 Å². The Bertz CT molecular complexity index is 494. The second-order valence-electron chi connectivity index (χ2n) is 7.15. The first-order valence-corrected chi connectivity index (χ1v) is 8.72. The zero-order chi connectivity index (χ0) is 14.9. The molecule has 0 radical (unpaired) electrons. The highest BCUT2D eigenvalue weighted by atomic mass is 16.5. The van der Waals surface area contributed by atoms with Gasteiger partial charge in [-0.05, 0) is 43.6 Å². The van der Waals surface area contributed by atoms with Gasteiger partial charge < -0.3 is 9.47 Å². The lowest BCUT2D eigenvalue weighted by atomic mass is 10.0. The van der Waals surface area contributed by atoms with Crippen LogP contribution < -0.4 is 0 Å². The van der Waals surface area contributed by atoms with Crippen LogP contribution in [0.1, 0.15) is 31.2 Å². The smallest absolute Gasteiger partial charge is 0.0745 e. The van der Waals surface area contributed by atoms with Gasteiger partial charge >= 0.3 is 0 Å². The number of likely N-dealkylation sites (tertiary alicyclic amines) is 1. The molecule has 0 spiro atoms. The van der Waals surface area contributed by atoms with Gasteiger partial charge in [0.05, 0.1) is 18.9 Å². The molecule has 1 aromatic heterocycles. The largest absolute Gasteiger partial charge is 0.380 e. The third-order valence-corrected chi connectivity index (χ3v) is 5.35. The molecule has 2 saturated heterocycles. The molecule has 0 N–H and O–H groups in total. The van der Waals surface area contributed by atoms with Crippen LogP contribution in [0.4, 0.5) is 0 Å². The molecule has 1 saturated carbocycles. The van der Waals surface area contributed by atoms with E-state index in [0.29, 0.717) is 18.2 Å². The molecule has 122 valence electrons. The molecule has 3 atom stereocenters. The number of ether oxygens (including phenoxy) is 2. The molecule has 2 aliphatic heterocycles. The van der Waals surface area contributed by atoms with E-state index in [1.54, 1.807) is 0 Å². The Labute approximate surface area is 132 Å². The Morgan fingerprint density at radius 3 is 2.91 bits per heavy atom. The lowest BCUT2D eigenvalue weighted by molar-refractivity contribution is 0.0122. The van der Waals surface area contributed by atoms with E-state index in [4.69, 9.17) is 9.47 Å². The summed E-state index contributed by atoms with van der Waals surface area (Å²) in [7, 11) is 1.99. The van der Waals surface area contributed by atoms with E-state index in [9.17, 15) is 0 Å². The first-order valence-electron chi connectivity index (χ1n) is 8.72. The zero-order valence-corrected chi connectivity index (χ0v) is 13.5. The first kappa shape index (κ1) is 14.7. The van der Waals surface area contributed by atoms with E-state index < -0.39 is 0 Å². The highest BCUT2D eigenvalue weighted by molar-refractivity contribution is 5.09. The van der Waals surface area contributed by atoms with Crippen molar-refractivity contribution in [2.45, 2.75) is 50.3 Å². The Morgan fingerprint density at radius 1 is 1.32 bits per heavy atom. The minimum Gasteiger partial charge on any atom is -0.380 e. The molecule has 5 nitrogen and oxygen atoms in total. The number of hydrogen-bond donors (Lipinski definition) is 0. The summed E-state index contributed by atoms with van der Waals surface area (Å²) in [6.07, 6.45) is 10.6. The van der Waals surface area contributed by atoms with Crippen molar-refractivity contribution in [2.75, 3.05) is 26.4 Å². The van der Waals surface area contributed by atoms with Crippen LogP contribution in [-0.2, 0) is 22.9 Å². The number of hydrogen-bond acceptors (Lipinski definition) is 4. The molecule has 0 aromatic carbocycles. The molecule has 0 amide bonds. The molecule has 1 aromatic rings. The minimum atomic E-state index is 0.376. The predicted molar refractivity (Wildman–Crippen MR) is 83.7 cm³/mol. The Kier molecular flexibility index (Phi) is 4.20. The van der Waals surface area contributed by atoms with Crippen LogP contribution in [0.25, 0.3) is 0 Å². The van der Waals surface area contributed by atoms with Gasteiger partial charge in [-0.25, -0.2) is 0 Å². The Hall–Kier alpha value is -0.910. The van der Waals surface area contributed by atoms with E-state index in [1.165, 1.54) is 24.8 Å². The van der Waals surface area contributed by atoms with Crippen molar-refractivity contribution in [1.29, 1.82) is 0 Å². The van der Waals surface area contributed by atoms with Crippen LogP contribution in [0.3, 0.4) is 0 Å². The molecule has 4 rings (SSSR count). The maximum Gasteiger partial charge on any atom is 0.0745 e. The summed E-state index contributed by atoms with van der Waals surface area (Å²) >= 11 is 0. The monoisotopic (exact) mass is 305 g/mol. The predicted octanol–water partition coefficient (Wildman–Crippen LogP) is 1.62. The van der Waals surface area contributed by atoms with Crippen molar-refractivity contribution in [3.05, 3.63) is 18.0 Å². The average Bonchev–Trinajstić information content (AvgIpc) is 2.92. The normalized spacial score (nSPS) is 32.9. The Balaban J connectivity index is 1.45. The summed E-state index contributed by atoms with van der Waals surface area (Å²) in [6.45, 7) is 3.91. The summed E-state index contributed by atoms with van der Waals surface area (Å²) in [6, 6.07) is 1.06. The van der Waals surface area contributed by atoms with Crippen molar-refractivity contribution in [3.8, 4) is 0 Å². The molecule has 1 aliphatic carbocycles. The van der Waals surface area contributed by atoms with Crippen LogP contribution in [0, 0.1) is 5.92 Å². The van der Waals surface area contributed by atoms with Crippen molar-refractivity contribution in [3.63, 3.8) is 0 Å². The zero-order valence-electron chi connectivity index (χ0n) is 13.5. The molecule has 0 bridgehead atoms. The molecular formula is C17H27N3O2. The van der Waals surface area contributed by atoms with Gasteiger partial charge in [0, 0.05) is 45.1 Å². The second kappa shape index (κ2) is 6.30. The molecule has 5 heteroatoms. The van der Waals surface area contributed by atoms with Crippen molar-refractivity contribution in [2.24, 2.45) is 13.0 Å². The maximum atomic E-state index is 6.30. The Morgan fingerprint density at radius 2 is 2.23 bits per heavy atom. The lowest BCUT2D eigenvalue weighted by Crippen LogP contribution is -2.44. The quantitative estimate of drug-likeness (QED) is 0.801. The van der Waals surface area contributed by atoms with Gasteiger partial charge in [0.15, 0.2) is 0 Å². The summed E-state index contributed by atoms with van der Waals surface area (Å²) in [5.41, 5.74) is 1.32. The van der Waals surface area contributed by atoms with Gasteiger partial charge in [-0.1, -0.05) is 0 Å². The van der Waals surface area contributed by atoms with Gasteiger partial charge in [-0.2, -0.15) is 5.10 Å². The van der Waals surface area contributed by atoms with E-state index in [2.05, 4.69) is 16.2 Å². The summed E-state index contributed by atoms with van der Waals surface area (Å²) < 4.78 is 13.8. The molecule has 3 heterocycles. The van der Waals surface area contributed by atoms with E-state index >= 15 is 0 Å². The lowest BCUT2D eigenvalue weighted by Gasteiger charge is -2.32. The molecule has 0 unspecified atom stereocenters. The average molecular weight is 305 g/mol. The number of aryl methyl sites for hydroxylation is 1. The SMILES string of the molecule is Cn1cc(C[C@H]2[C@@H](OCC3CC3)CCN2[C@@H]2CCOC2)cn1. The minimum absolute atomic E-state index is 0.376. The third-order valence-electron chi connectivity index (χ3n) is 5.35. The number of aromatic nitrogens is 2. The third kappa shape index (κ3) is 3.21. The fourth-order valence-electron chi connectivity index (χ4n) is 3.89. The number of rotatable bonds is 6. The van der Waals surface area contributed by atoms with Crippen LogP contribution in [0.15, 0.2) is 12.4 Å². The van der Waals surface area contributed by atoms with E-state index in [0.717, 1.165) is 45.1 Å². The standard InChI is InChI=1S/C17H27N3O2/c1-19-10-14(9-18-19)8-16-17(22-11-13-2-3-13)4-6-20(16)15-5-7-21-12-15/h9-10,13,15-17H,2-8,11-12H2,1H3/t15-,16+,17+/m1/s1. The van der Waals surface area contributed by atoms with Crippen LogP contribution in [0.2, 0.25) is 0 Å². The van der Waals surface area contributed by atoms with E-state index in [1.807, 2.05) is 17.9 Å². The van der Waals surface area contributed by atoms with Crippen molar-refractivity contribution < 1.29 is 9.47 Å².